The Morgan fingerprint density at radius 1 is 1.50 bits per heavy atom. The Labute approximate surface area is 74.8 Å². The summed E-state index contributed by atoms with van der Waals surface area (Å²) >= 11 is 0. The summed E-state index contributed by atoms with van der Waals surface area (Å²) in [6.07, 6.45) is 5.13. The van der Waals surface area contributed by atoms with Crippen LogP contribution in [-0.4, -0.2) is 0 Å². The van der Waals surface area contributed by atoms with Gasteiger partial charge in [-0.2, -0.15) is 5.26 Å². The number of nitrogens with zero attached hydrogens (tertiary/aromatic N) is 1. The highest BCUT2D eigenvalue weighted by molar-refractivity contribution is 5.06. The van der Waals surface area contributed by atoms with E-state index in [2.05, 4.69) is 19.9 Å². The van der Waals surface area contributed by atoms with Crippen LogP contribution < -0.4 is 0 Å². The second-order valence-corrected chi connectivity index (χ2v) is 4.88. The Kier molecular flexibility index (Phi) is 1.68. The van der Waals surface area contributed by atoms with Gasteiger partial charge in [0.25, 0.3) is 0 Å². The van der Waals surface area contributed by atoms with Crippen molar-refractivity contribution >= 4 is 0 Å². The van der Waals surface area contributed by atoms with E-state index in [0.717, 1.165) is 11.8 Å². The van der Waals surface area contributed by atoms with Gasteiger partial charge >= 0.3 is 0 Å². The van der Waals surface area contributed by atoms with Crippen LogP contribution in [0.25, 0.3) is 0 Å². The summed E-state index contributed by atoms with van der Waals surface area (Å²) in [5, 5.41) is 8.88. The van der Waals surface area contributed by atoms with Gasteiger partial charge in [0, 0.05) is 5.92 Å². The fraction of sp³-hybridized carbons (Fsp3) is 0.909. The van der Waals surface area contributed by atoms with Crippen molar-refractivity contribution in [3.8, 4) is 6.07 Å². The van der Waals surface area contributed by atoms with E-state index in [1.54, 1.807) is 0 Å². The Bertz CT molecular complexity index is 228. The molecule has 0 N–H and O–H groups in total. The first-order chi connectivity index (χ1) is 5.69. The summed E-state index contributed by atoms with van der Waals surface area (Å²) in [5.74, 6) is 2.00. The van der Waals surface area contributed by atoms with E-state index in [9.17, 15) is 0 Å². The lowest BCUT2D eigenvalue weighted by molar-refractivity contribution is 0.163. The Balaban J connectivity index is 2.13. The van der Waals surface area contributed by atoms with Gasteiger partial charge in [0.15, 0.2) is 0 Å². The molecule has 2 aliphatic rings. The van der Waals surface area contributed by atoms with Gasteiger partial charge in [-0.25, -0.2) is 0 Å². The zero-order valence-corrected chi connectivity index (χ0v) is 8.01. The Morgan fingerprint density at radius 2 is 2.25 bits per heavy atom. The van der Waals surface area contributed by atoms with Crippen LogP contribution >= 0.6 is 0 Å². The molecule has 4 unspecified atom stereocenters. The van der Waals surface area contributed by atoms with Crippen molar-refractivity contribution in [2.24, 2.45) is 23.2 Å². The summed E-state index contributed by atoms with van der Waals surface area (Å²) in [7, 11) is 0. The first kappa shape index (κ1) is 8.10. The second-order valence-electron chi connectivity index (χ2n) is 4.88. The number of rotatable bonds is 1. The summed E-state index contributed by atoms with van der Waals surface area (Å²) in [6, 6.07) is 2.46. The van der Waals surface area contributed by atoms with E-state index in [1.807, 2.05) is 0 Å². The van der Waals surface area contributed by atoms with Gasteiger partial charge in [-0.15, -0.1) is 0 Å². The average Bonchev–Trinajstić information content (AvgIpc) is 2.60. The van der Waals surface area contributed by atoms with Crippen LogP contribution in [0.4, 0.5) is 0 Å². The van der Waals surface area contributed by atoms with Gasteiger partial charge in [0.05, 0.1) is 6.07 Å². The van der Waals surface area contributed by atoms with Crippen LogP contribution in [0, 0.1) is 34.5 Å². The molecule has 0 aromatic rings. The molecule has 0 saturated heterocycles. The molecule has 1 nitrogen and oxygen atoms in total. The molecule has 0 aromatic heterocycles. The molecule has 12 heavy (non-hydrogen) atoms. The predicted octanol–water partition coefficient (Wildman–Crippen LogP) is 2.97. The first-order valence-electron chi connectivity index (χ1n) is 5.09. The van der Waals surface area contributed by atoms with Crippen LogP contribution in [0.3, 0.4) is 0 Å². The molecule has 0 heterocycles. The van der Waals surface area contributed by atoms with Gasteiger partial charge < -0.3 is 0 Å². The average molecular weight is 163 g/mol. The molecule has 2 aliphatic carbocycles. The molecule has 66 valence electrons. The number of hydrogen-bond donors (Lipinski definition) is 0. The maximum Gasteiger partial charge on any atom is 0.0658 e. The summed E-state index contributed by atoms with van der Waals surface area (Å²) < 4.78 is 0. The SMILES string of the molecule is CCC1(C)CC2CC1CC2C#N. The van der Waals surface area contributed by atoms with E-state index in [-0.39, 0.29) is 0 Å². The van der Waals surface area contributed by atoms with Gasteiger partial charge in [-0.3, -0.25) is 0 Å². The Morgan fingerprint density at radius 3 is 2.67 bits per heavy atom. The standard InChI is InChI=1S/C11H17N/c1-3-11(2)6-8-4-10(11)5-9(8)7-12/h8-10H,3-6H2,1-2H3. The van der Waals surface area contributed by atoms with Gasteiger partial charge in [-0.1, -0.05) is 20.3 Å². The van der Waals surface area contributed by atoms with E-state index in [1.165, 1.54) is 25.7 Å². The predicted molar refractivity (Wildman–Crippen MR) is 48.3 cm³/mol. The van der Waals surface area contributed by atoms with E-state index in [0.29, 0.717) is 11.3 Å². The lowest BCUT2D eigenvalue weighted by Crippen LogP contribution is -2.26. The minimum Gasteiger partial charge on any atom is -0.198 e. The third kappa shape index (κ3) is 0.905. The third-order valence-electron chi connectivity index (χ3n) is 4.38. The van der Waals surface area contributed by atoms with Crippen molar-refractivity contribution in [3.05, 3.63) is 0 Å². The van der Waals surface area contributed by atoms with Crippen molar-refractivity contribution in [1.82, 2.24) is 0 Å². The Hall–Kier alpha value is -0.510. The molecule has 0 spiro atoms. The normalized spacial score (nSPS) is 50.9. The second kappa shape index (κ2) is 2.49. The number of hydrogen-bond acceptors (Lipinski definition) is 1. The van der Waals surface area contributed by atoms with E-state index < -0.39 is 0 Å². The summed E-state index contributed by atoms with van der Waals surface area (Å²) in [4.78, 5) is 0. The lowest BCUT2D eigenvalue weighted by Gasteiger charge is -2.34. The molecule has 2 rings (SSSR count). The molecule has 0 aromatic carbocycles. The van der Waals surface area contributed by atoms with Gasteiger partial charge in [0.2, 0.25) is 0 Å². The quantitative estimate of drug-likeness (QED) is 0.583. The van der Waals surface area contributed by atoms with Crippen LogP contribution in [0.2, 0.25) is 0 Å². The van der Waals surface area contributed by atoms with E-state index >= 15 is 0 Å². The topological polar surface area (TPSA) is 23.8 Å². The largest absolute Gasteiger partial charge is 0.198 e. The molecule has 4 atom stereocenters. The molecule has 0 aliphatic heterocycles. The molecule has 0 radical (unpaired) electrons. The molecule has 2 bridgehead atoms. The summed E-state index contributed by atoms with van der Waals surface area (Å²) in [6.45, 7) is 4.70. The van der Waals surface area contributed by atoms with Gasteiger partial charge in [-0.05, 0) is 36.5 Å². The first-order valence-corrected chi connectivity index (χ1v) is 5.09. The summed E-state index contributed by atoms with van der Waals surface area (Å²) in [5.41, 5.74) is 0.581. The van der Waals surface area contributed by atoms with Crippen molar-refractivity contribution in [2.45, 2.75) is 39.5 Å². The maximum atomic E-state index is 8.88. The van der Waals surface area contributed by atoms with Crippen molar-refractivity contribution in [2.75, 3.05) is 0 Å². The fourth-order valence-corrected chi connectivity index (χ4v) is 3.28. The molecule has 0 amide bonds. The van der Waals surface area contributed by atoms with Crippen LogP contribution in [0.5, 0.6) is 0 Å². The van der Waals surface area contributed by atoms with Crippen LogP contribution in [0.1, 0.15) is 39.5 Å². The van der Waals surface area contributed by atoms with Crippen molar-refractivity contribution in [3.63, 3.8) is 0 Å². The van der Waals surface area contributed by atoms with E-state index in [4.69, 9.17) is 5.26 Å². The highest BCUT2D eigenvalue weighted by Crippen LogP contribution is 2.59. The highest BCUT2D eigenvalue weighted by Gasteiger charge is 2.51. The number of fused-ring (bicyclic) bond motifs is 2. The molecular formula is C11H17N. The minimum absolute atomic E-state index is 0.398. The molecule has 2 fully saturated rings. The maximum absolute atomic E-state index is 8.88. The minimum atomic E-state index is 0.398. The fourth-order valence-electron chi connectivity index (χ4n) is 3.28. The molecule has 1 heteroatoms. The zero-order chi connectivity index (χ0) is 8.77. The van der Waals surface area contributed by atoms with Gasteiger partial charge in [0.1, 0.15) is 0 Å². The monoisotopic (exact) mass is 163 g/mol. The molecule has 2 saturated carbocycles. The zero-order valence-electron chi connectivity index (χ0n) is 8.01. The highest BCUT2D eigenvalue weighted by atomic mass is 14.6. The van der Waals surface area contributed by atoms with Crippen molar-refractivity contribution in [1.29, 1.82) is 5.26 Å². The number of nitriles is 1. The smallest absolute Gasteiger partial charge is 0.0658 e. The molecular weight excluding hydrogens is 146 g/mol. The van der Waals surface area contributed by atoms with Crippen LogP contribution in [-0.2, 0) is 0 Å². The van der Waals surface area contributed by atoms with Crippen LogP contribution in [0.15, 0.2) is 0 Å². The van der Waals surface area contributed by atoms with Crippen molar-refractivity contribution < 1.29 is 0 Å². The third-order valence-corrected chi connectivity index (χ3v) is 4.38. The lowest BCUT2D eigenvalue weighted by atomic mass is 9.70.